The minimum Gasteiger partial charge on any atom is -0.390 e. The van der Waals surface area contributed by atoms with Gasteiger partial charge in [-0.05, 0) is 12.5 Å². The Labute approximate surface area is 122 Å². The van der Waals surface area contributed by atoms with Gasteiger partial charge in [0.15, 0.2) is 0 Å². The molecule has 1 unspecified atom stereocenters. The Morgan fingerprint density at radius 1 is 1.40 bits per heavy atom. The number of nitrogens with zero attached hydrogens (tertiary/aromatic N) is 2. The molecule has 2 aliphatic heterocycles. The third-order valence-electron chi connectivity index (χ3n) is 4.37. The van der Waals surface area contributed by atoms with Crippen LogP contribution in [0.4, 0.5) is 0 Å². The van der Waals surface area contributed by atoms with Gasteiger partial charge in [0.25, 0.3) is 0 Å². The Balaban J connectivity index is 1.88. The van der Waals surface area contributed by atoms with E-state index in [0.717, 1.165) is 28.3 Å². The molecule has 0 spiro atoms. The SMILES string of the molecule is O[C@@H]1COCC[C@H]1C1c2c(Cl)cccc2-c2cncn21. The first-order valence-electron chi connectivity index (χ1n) is 6.84. The summed E-state index contributed by atoms with van der Waals surface area (Å²) in [6.07, 6.45) is 4.05. The molecule has 0 bridgehead atoms. The number of halogens is 1. The third kappa shape index (κ3) is 1.65. The van der Waals surface area contributed by atoms with Gasteiger partial charge in [-0.1, -0.05) is 23.7 Å². The summed E-state index contributed by atoms with van der Waals surface area (Å²) in [5, 5.41) is 11.1. The molecule has 1 fully saturated rings. The molecular formula is C15H15ClN2O2. The van der Waals surface area contributed by atoms with Gasteiger partial charge in [-0.3, -0.25) is 0 Å². The Hall–Kier alpha value is -1.36. The summed E-state index contributed by atoms with van der Waals surface area (Å²) in [5.74, 6) is 0.109. The monoisotopic (exact) mass is 290 g/mol. The smallest absolute Gasteiger partial charge is 0.0956 e. The largest absolute Gasteiger partial charge is 0.390 e. The maximum atomic E-state index is 10.3. The van der Waals surface area contributed by atoms with Gasteiger partial charge in [-0.15, -0.1) is 0 Å². The highest BCUT2D eigenvalue weighted by molar-refractivity contribution is 6.32. The summed E-state index contributed by atoms with van der Waals surface area (Å²) in [6.45, 7) is 1.08. The summed E-state index contributed by atoms with van der Waals surface area (Å²) in [4.78, 5) is 4.25. The van der Waals surface area contributed by atoms with Crippen molar-refractivity contribution in [2.45, 2.75) is 18.6 Å². The van der Waals surface area contributed by atoms with Crippen molar-refractivity contribution in [2.24, 2.45) is 5.92 Å². The van der Waals surface area contributed by atoms with Gasteiger partial charge in [0.05, 0.1) is 37.0 Å². The first kappa shape index (κ1) is 12.4. The molecule has 4 rings (SSSR count). The molecule has 0 amide bonds. The van der Waals surface area contributed by atoms with Crippen LogP contribution in [-0.4, -0.2) is 34.0 Å². The standard InChI is InChI=1S/C15H15ClN2O2/c16-11-3-1-2-9-12-6-17-8-18(12)15(14(9)11)10-4-5-20-7-13(10)19/h1-3,6,8,10,13,15,19H,4-5,7H2/t10-,13-,15?/m1/s1. The zero-order chi connectivity index (χ0) is 13.7. The lowest BCUT2D eigenvalue weighted by Gasteiger charge is -2.33. The van der Waals surface area contributed by atoms with E-state index in [1.54, 1.807) is 0 Å². The van der Waals surface area contributed by atoms with Crippen molar-refractivity contribution in [3.63, 3.8) is 0 Å². The van der Waals surface area contributed by atoms with Crippen LogP contribution in [0.1, 0.15) is 18.0 Å². The van der Waals surface area contributed by atoms with Gasteiger partial charge in [-0.25, -0.2) is 4.98 Å². The summed E-state index contributed by atoms with van der Waals surface area (Å²) in [6, 6.07) is 6.00. The van der Waals surface area contributed by atoms with E-state index in [0.29, 0.717) is 13.2 Å². The predicted octanol–water partition coefficient (Wildman–Crippen LogP) is 2.50. The van der Waals surface area contributed by atoms with Gasteiger partial charge < -0.3 is 14.4 Å². The number of imidazole rings is 1. The maximum Gasteiger partial charge on any atom is 0.0956 e. The summed E-state index contributed by atoms with van der Waals surface area (Å²) < 4.78 is 7.49. The average molecular weight is 291 g/mol. The van der Waals surface area contributed by atoms with Gasteiger partial charge in [0.1, 0.15) is 0 Å². The Morgan fingerprint density at radius 3 is 3.15 bits per heavy atom. The van der Waals surface area contributed by atoms with E-state index < -0.39 is 6.10 Å². The second-order valence-electron chi connectivity index (χ2n) is 5.43. The lowest BCUT2D eigenvalue weighted by Crippen LogP contribution is -2.37. The number of hydrogen-bond acceptors (Lipinski definition) is 3. The van der Waals surface area contributed by atoms with Crippen molar-refractivity contribution >= 4 is 11.6 Å². The lowest BCUT2D eigenvalue weighted by molar-refractivity contribution is -0.0540. The highest BCUT2D eigenvalue weighted by Crippen LogP contribution is 2.48. The van der Waals surface area contributed by atoms with E-state index in [1.165, 1.54) is 0 Å². The normalized spacial score (nSPS) is 28.2. The molecule has 0 saturated carbocycles. The van der Waals surface area contributed by atoms with Gasteiger partial charge in [0.2, 0.25) is 0 Å². The van der Waals surface area contributed by atoms with Crippen molar-refractivity contribution in [3.05, 3.63) is 41.3 Å². The van der Waals surface area contributed by atoms with Gasteiger partial charge in [0, 0.05) is 28.7 Å². The van der Waals surface area contributed by atoms with Crippen LogP contribution in [-0.2, 0) is 4.74 Å². The van der Waals surface area contributed by atoms with Crippen molar-refractivity contribution < 1.29 is 9.84 Å². The Morgan fingerprint density at radius 2 is 2.30 bits per heavy atom. The third-order valence-corrected chi connectivity index (χ3v) is 4.70. The molecule has 104 valence electrons. The molecule has 0 aliphatic carbocycles. The van der Waals surface area contributed by atoms with Crippen molar-refractivity contribution in [1.82, 2.24) is 9.55 Å². The van der Waals surface area contributed by atoms with E-state index in [2.05, 4.69) is 15.6 Å². The fraction of sp³-hybridized carbons (Fsp3) is 0.400. The average Bonchev–Trinajstić information content (AvgIpc) is 3.01. The molecule has 20 heavy (non-hydrogen) atoms. The fourth-order valence-electron chi connectivity index (χ4n) is 3.46. The number of aliphatic hydroxyl groups is 1. The molecular weight excluding hydrogens is 276 g/mol. The van der Waals surface area contributed by atoms with Crippen LogP contribution >= 0.6 is 11.6 Å². The van der Waals surface area contributed by atoms with E-state index in [4.69, 9.17) is 16.3 Å². The maximum absolute atomic E-state index is 10.3. The molecule has 4 nitrogen and oxygen atoms in total. The van der Waals surface area contributed by atoms with E-state index >= 15 is 0 Å². The summed E-state index contributed by atoms with van der Waals surface area (Å²) in [7, 11) is 0. The Kier molecular flexibility index (Phi) is 2.84. The van der Waals surface area contributed by atoms with Crippen LogP contribution in [0.3, 0.4) is 0 Å². The van der Waals surface area contributed by atoms with E-state index in [9.17, 15) is 5.11 Å². The van der Waals surface area contributed by atoms with E-state index in [-0.39, 0.29) is 12.0 Å². The van der Waals surface area contributed by atoms with Gasteiger partial charge in [-0.2, -0.15) is 0 Å². The number of aromatic nitrogens is 2. The number of aliphatic hydroxyl groups excluding tert-OH is 1. The molecule has 1 aromatic heterocycles. The highest BCUT2D eigenvalue weighted by Gasteiger charge is 2.40. The second-order valence-corrected chi connectivity index (χ2v) is 5.83. The minimum absolute atomic E-state index is 0.0510. The van der Waals surface area contributed by atoms with Crippen LogP contribution in [0.5, 0.6) is 0 Å². The van der Waals surface area contributed by atoms with Crippen LogP contribution in [0.2, 0.25) is 5.02 Å². The molecule has 1 N–H and O–H groups in total. The Bertz CT molecular complexity index is 655. The van der Waals surface area contributed by atoms with Crippen LogP contribution < -0.4 is 0 Å². The first-order valence-corrected chi connectivity index (χ1v) is 7.21. The fourth-order valence-corrected chi connectivity index (χ4v) is 3.75. The van der Waals surface area contributed by atoms with Crippen LogP contribution in [0.15, 0.2) is 30.7 Å². The molecule has 1 aromatic carbocycles. The van der Waals surface area contributed by atoms with Crippen LogP contribution in [0, 0.1) is 5.92 Å². The summed E-state index contributed by atoms with van der Waals surface area (Å²) >= 11 is 6.43. The molecule has 3 atom stereocenters. The molecule has 1 saturated heterocycles. The van der Waals surface area contributed by atoms with Crippen molar-refractivity contribution in [1.29, 1.82) is 0 Å². The molecule has 0 radical (unpaired) electrons. The predicted molar refractivity (Wildman–Crippen MR) is 75.7 cm³/mol. The number of rotatable bonds is 1. The summed E-state index contributed by atoms with van der Waals surface area (Å²) in [5.41, 5.74) is 3.31. The minimum atomic E-state index is -0.466. The molecule has 2 aromatic rings. The molecule has 3 heterocycles. The molecule has 2 aliphatic rings. The highest BCUT2D eigenvalue weighted by atomic mass is 35.5. The zero-order valence-corrected chi connectivity index (χ0v) is 11.6. The van der Waals surface area contributed by atoms with E-state index in [1.807, 2.05) is 24.7 Å². The van der Waals surface area contributed by atoms with Crippen molar-refractivity contribution in [2.75, 3.05) is 13.2 Å². The number of ether oxygens (including phenoxy) is 1. The van der Waals surface area contributed by atoms with Crippen molar-refractivity contribution in [3.8, 4) is 11.3 Å². The number of fused-ring (bicyclic) bond motifs is 3. The number of benzene rings is 1. The number of hydrogen-bond donors (Lipinski definition) is 1. The lowest BCUT2D eigenvalue weighted by atomic mass is 9.85. The van der Waals surface area contributed by atoms with Crippen LogP contribution in [0.25, 0.3) is 11.3 Å². The molecule has 5 heteroatoms. The second kappa shape index (κ2) is 4.58. The first-order chi connectivity index (χ1) is 9.77. The van der Waals surface area contributed by atoms with Gasteiger partial charge >= 0.3 is 0 Å². The quantitative estimate of drug-likeness (QED) is 0.878. The zero-order valence-electron chi connectivity index (χ0n) is 10.9. The topological polar surface area (TPSA) is 47.3 Å².